The molecule has 0 saturated carbocycles. The summed E-state index contributed by atoms with van der Waals surface area (Å²) in [6.45, 7) is 2.68. The van der Waals surface area contributed by atoms with Gasteiger partial charge in [0.05, 0.1) is 12.2 Å². The van der Waals surface area contributed by atoms with Crippen LogP contribution in [-0.4, -0.2) is 17.7 Å². The number of unbranched alkanes of at least 4 members (excludes halogenated alkanes) is 2. The molecule has 2 rings (SSSR count). The van der Waals surface area contributed by atoms with Crippen LogP contribution in [0.15, 0.2) is 42.5 Å². The van der Waals surface area contributed by atoms with Gasteiger partial charge >= 0.3 is 5.97 Å². The molecular weight excluding hydrogens is 278 g/mol. The normalized spacial score (nSPS) is 10.4. The van der Waals surface area contributed by atoms with E-state index in [4.69, 9.17) is 10.5 Å². The molecule has 4 nitrogen and oxygen atoms in total. The van der Waals surface area contributed by atoms with Crippen LogP contribution in [0.25, 0.3) is 11.1 Å². The lowest BCUT2D eigenvalue weighted by Crippen LogP contribution is -2.05. The molecule has 116 valence electrons. The fraction of sp³-hybridized carbons (Fsp3) is 0.278. The van der Waals surface area contributed by atoms with Crippen molar-refractivity contribution in [2.75, 3.05) is 12.3 Å². The third-order valence-electron chi connectivity index (χ3n) is 3.45. The second-order valence-electron chi connectivity index (χ2n) is 5.17. The van der Waals surface area contributed by atoms with Gasteiger partial charge < -0.3 is 15.6 Å². The van der Waals surface area contributed by atoms with Gasteiger partial charge in [0.25, 0.3) is 0 Å². The highest BCUT2D eigenvalue weighted by atomic mass is 16.5. The van der Waals surface area contributed by atoms with Crippen molar-refractivity contribution in [1.82, 2.24) is 0 Å². The number of hydrogen-bond donors (Lipinski definition) is 2. The predicted molar refractivity (Wildman–Crippen MR) is 88.3 cm³/mol. The number of carbonyl (C=O) groups is 1. The van der Waals surface area contributed by atoms with Gasteiger partial charge in [0.15, 0.2) is 0 Å². The van der Waals surface area contributed by atoms with Crippen molar-refractivity contribution in [3.8, 4) is 16.9 Å². The first-order valence-corrected chi connectivity index (χ1v) is 7.48. The maximum absolute atomic E-state index is 11.2. The van der Waals surface area contributed by atoms with E-state index in [9.17, 15) is 9.90 Å². The number of nitrogen functional groups attached to an aromatic ring is 1. The van der Waals surface area contributed by atoms with Crippen molar-refractivity contribution in [2.24, 2.45) is 0 Å². The Morgan fingerprint density at radius 1 is 1.18 bits per heavy atom. The Hall–Kier alpha value is -2.49. The Balaban J connectivity index is 2.39. The van der Waals surface area contributed by atoms with E-state index in [1.807, 2.05) is 30.3 Å². The molecule has 0 radical (unpaired) electrons. The molecule has 0 bridgehead atoms. The summed E-state index contributed by atoms with van der Waals surface area (Å²) < 4.78 is 5.82. The van der Waals surface area contributed by atoms with Crippen molar-refractivity contribution >= 4 is 11.7 Å². The third-order valence-corrected chi connectivity index (χ3v) is 3.45. The number of anilines is 1. The van der Waals surface area contributed by atoms with Crippen LogP contribution in [-0.2, 0) is 0 Å². The SMILES string of the molecule is CCCCCOc1cc(C(=O)O)cc(N)c1-c1ccccc1. The molecule has 4 heteroatoms. The first-order valence-electron chi connectivity index (χ1n) is 7.48. The molecule has 0 spiro atoms. The quantitative estimate of drug-likeness (QED) is 0.593. The van der Waals surface area contributed by atoms with Gasteiger partial charge in [-0.15, -0.1) is 0 Å². The molecule has 0 fully saturated rings. The zero-order valence-electron chi connectivity index (χ0n) is 12.7. The molecular formula is C18H21NO3. The van der Waals surface area contributed by atoms with E-state index in [0.29, 0.717) is 18.0 Å². The first-order chi connectivity index (χ1) is 10.6. The van der Waals surface area contributed by atoms with Crippen LogP contribution in [0.3, 0.4) is 0 Å². The summed E-state index contributed by atoms with van der Waals surface area (Å²) in [6, 6.07) is 12.7. The number of aromatic carboxylic acids is 1. The monoisotopic (exact) mass is 299 g/mol. The minimum absolute atomic E-state index is 0.141. The Bertz CT molecular complexity index is 638. The second-order valence-corrected chi connectivity index (χ2v) is 5.17. The molecule has 0 heterocycles. The van der Waals surface area contributed by atoms with Gasteiger partial charge in [-0.2, -0.15) is 0 Å². The van der Waals surface area contributed by atoms with E-state index in [1.54, 1.807) is 6.07 Å². The van der Waals surface area contributed by atoms with Crippen LogP contribution in [0.2, 0.25) is 0 Å². The second kappa shape index (κ2) is 7.50. The summed E-state index contributed by atoms with van der Waals surface area (Å²) in [5, 5.41) is 9.19. The van der Waals surface area contributed by atoms with Gasteiger partial charge in [-0.05, 0) is 24.1 Å². The molecule has 3 N–H and O–H groups in total. The molecule has 2 aromatic rings. The molecule has 0 aliphatic carbocycles. The topological polar surface area (TPSA) is 72.5 Å². The average molecular weight is 299 g/mol. The van der Waals surface area contributed by atoms with Gasteiger partial charge in [-0.1, -0.05) is 50.1 Å². The predicted octanol–water partition coefficient (Wildman–Crippen LogP) is 4.20. The zero-order chi connectivity index (χ0) is 15.9. The summed E-state index contributed by atoms with van der Waals surface area (Å²) in [6.07, 6.45) is 3.11. The standard InChI is InChI=1S/C18H21NO3/c1-2-3-7-10-22-16-12-14(18(20)21)11-15(19)17(16)13-8-5-4-6-9-13/h4-6,8-9,11-12H,2-3,7,10,19H2,1H3,(H,20,21). The van der Waals surface area contributed by atoms with Gasteiger partial charge in [0, 0.05) is 11.3 Å². The lowest BCUT2D eigenvalue weighted by molar-refractivity contribution is 0.0696. The molecule has 0 aromatic heterocycles. The van der Waals surface area contributed by atoms with Crippen molar-refractivity contribution in [3.05, 3.63) is 48.0 Å². The Labute approximate surface area is 130 Å². The maximum Gasteiger partial charge on any atom is 0.335 e. The highest BCUT2D eigenvalue weighted by Crippen LogP contribution is 2.36. The average Bonchev–Trinajstić information content (AvgIpc) is 2.52. The Morgan fingerprint density at radius 3 is 2.55 bits per heavy atom. The van der Waals surface area contributed by atoms with Crippen LogP contribution in [0.4, 0.5) is 5.69 Å². The number of rotatable bonds is 7. The summed E-state index contributed by atoms with van der Waals surface area (Å²) in [7, 11) is 0. The number of carboxylic acids is 1. The van der Waals surface area contributed by atoms with Gasteiger partial charge in [-0.3, -0.25) is 0 Å². The molecule has 0 saturated heterocycles. The third kappa shape index (κ3) is 3.79. The highest BCUT2D eigenvalue weighted by molar-refractivity contribution is 5.93. The summed E-state index contributed by atoms with van der Waals surface area (Å²) in [5.41, 5.74) is 8.30. The van der Waals surface area contributed by atoms with Crippen LogP contribution >= 0.6 is 0 Å². The fourth-order valence-corrected chi connectivity index (χ4v) is 2.32. The van der Waals surface area contributed by atoms with Crippen LogP contribution < -0.4 is 10.5 Å². The first kappa shape index (κ1) is 15.9. The zero-order valence-corrected chi connectivity index (χ0v) is 12.7. The smallest absolute Gasteiger partial charge is 0.335 e. The number of benzene rings is 2. The number of ether oxygens (including phenoxy) is 1. The van der Waals surface area contributed by atoms with Gasteiger partial charge in [0.2, 0.25) is 0 Å². The molecule has 2 aromatic carbocycles. The van der Waals surface area contributed by atoms with Gasteiger partial charge in [-0.25, -0.2) is 4.79 Å². The molecule has 0 aliphatic heterocycles. The summed E-state index contributed by atoms with van der Waals surface area (Å²) >= 11 is 0. The number of hydrogen-bond acceptors (Lipinski definition) is 3. The van der Waals surface area contributed by atoms with E-state index in [-0.39, 0.29) is 5.56 Å². The van der Waals surface area contributed by atoms with Crippen LogP contribution in [0.1, 0.15) is 36.5 Å². The minimum atomic E-state index is -1.01. The van der Waals surface area contributed by atoms with Crippen LogP contribution in [0, 0.1) is 0 Å². The van der Waals surface area contributed by atoms with E-state index in [0.717, 1.165) is 30.4 Å². The summed E-state index contributed by atoms with van der Waals surface area (Å²) in [4.78, 5) is 11.2. The van der Waals surface area contributed by atoms with E-state index >= 15 is 0 Å². The Kier molecular flexibility index (Phi) is 5.42. The summed E-state index contributed by atoms with van der Waals surface area (Å²) in [5.74, 6) is -0.482. The van der Waals surface area contributed by atoms with Crippen molar-refractivity contribution in [1.29, 1.82) is 0 Å². The maximum atomic E-state index is 11.2. The van der Waals surface area contributed by atoms with E-state index < -0.39 is 5.97 Å². The Morgan fingerprint density at radius 2 is 1.91 bits per heavy atom. The molecule has 0 atom stereocenters. The molecule has 0 aliphatic rings. The fourth-order valence-electron chi connectivity index (χ4n) is 2.32. The molecule has 0 amide bonds. The number of carboxylic acid groups (broad SMARTS) is 1. The number of nitrogens with two attached hydrogens (primary N) is 1. The van der Waals surface area contributed by atoms with Gasteiger partial charge in [0.1, 0.15) is 5.75 Å². The lowest BCUT2D eigenvalue weighted by Gasteiger charge is -2.15. The van der Waals surface area contributed by atoms with Crippen molar-refractivity contribution in [3.63, 3.8) is 0 Å². The van der Waals surface area contributed by atoms with Crippen molar-refractivity contribution < 1.29 is 14.6 Å². The van der Waals surface area contributed by atoms with Crippen LogP contribution in [0.5, 0.6) is 5.75 Å². The lowest BCUT2D eigenvalue weighted by atomic mass is 10.00. The van der Waals surface area contributed by atoms with E-state index in [2.05, 4.69) is 6.92 Å². The van der Waals surface area contributed by atoms with Crippen molar-refractivity contribution in [2.45, 2.75) is 26.2 Å². The highest BCUT2D eigenvalue weighted by Gasteiger charge is 2.15. The van der Waals surface area contributed by atoms with E-state index in [1.165, 1.54) is 6.07 Å². The molecule has 22 heavy (non-hydrogen) atoms. The minimum Gasteiger partial charge on any atom is -0.493 e. The largest absolute Gasteiger partial charge is 0.493 e. The molecule has 0 unspecified atom stereocenters.